The van der Waals surface area contributed by atoms with Gasteiger partial charge in [-0.1, -0.05) is 6.07 Å². The first-order chi connectivity index (χ1) is 17.5. The van der Waals surface area contributed by atoms with Crippen LogP contribution in [0.3, 0.4) is 0 Å². The van der Waals surface area contributed by atoms with Crippen LogP contribution in [0.25, 0.3) is 17.0 Å². The fourth-order valence-electron chi connectivity index (χ4n) is 4.64. The number of nitrogens with zero attached hydrogens (tertiary/aromatic N) is 7. The summed E-state index contributed by atoms with van der Waals surface area (Å²) in [6.07, 6.45) is -1.59. The number of hydrogen-bond donors (Lipinski definition) is 0. The second-order valence-corrected chi connectivity index (χ2v) is 8.88. The molecule has 10 nitrogen and oxygen atoms in total. The minimum Gasteiger partial charge on any atom is -0.494 e. The molecule has 0 atom stereocenters. The molecule has 36 heavy (non-hydrogen) atoms. The zero-order chi connectivity index (χ0) is 25.2. The van der Waals surface area contributed by atoms with Gasteiger partial charge < -0.3 is 19.3 Å². The van der Waals surface area contributed by atoms with Gasteiger partial charge in [0, 0.05) is 32.1 Å². The summed E-state index contributed by atoms with van der Waals surface area (Å²) in [5.41, 5.74) is 0.718. The van der Waals surface area contributed by atoms with Gasteiger partial charge in [-0.05, 0) is 25.0 Å². The van der Waals surface area contributed by atoms with Crippen LogP contribution in [-0.2, 0) is 9.53 Å². The van der Waals surface area contributed by atoms with Crippen molar-refractivity contribution in [3.8, 4) is 11.7 Å². The van der Waals surface area contributed by atoms with Crippen LogP contribution in [0, 0.1) is 0 Å². The number of amides is 1. The van der Waals surface area contributed by atoms with E-state index >= 15 is 0 Å². The number of rotatable bonds is 6. The Labute approximate surface area is 211 Å². The molecule has 0 radical (unpaired) electrons. The molecule has 0 unspecified atom stereocenters. The molecule has 2 fully saturated rings. The van der Waals surface area contributed by atoms with E-state index < -0.39 is 12.2 Å². The fourth-order valence-corrected chi connectivity index (χ4v) is 4.81. The number of halogens is 3. The van der Waals surface area contributed by atoms with Crippen LogP contribution in [0.2, 0.25) is 0 Å². The first kappa shape index (κ1) is 24.6. The standard InChI is InChI=1S/C23H26ClF2N7O3/c1-35-16-4-2-3-15-18(16)27-21(19(25)26)33(15)23-29-20(14-5-7-31(8-6-14)17(34)13-24)28-22(30-23)32-9-11-36-12-10-32/h2-4,14,19H,5-13H2,1H3. The van der Waals surface area contributed by atoms with Crippen LogP contribution in [0.1, 0.15) is 36.8 Å². The van der Waals surface area contributed by atoms with Gasteiger partial charge in [0.2, 0.25) is 17.8 Å². The van der Waals surface area contributed by atoms with E-state index in [4.69, 9.17) is 26.1 Å². The van der Waals surface area contributed by atoms with Gasteiger partial charge in [0.15, 0.2) is 5.82 Å². The predicted molar refractivity (Wildman–Crippen MR) is 128 cm³/mol. The predicted octanol–water partition coefficient (Wildman–Crippen LogP) is 2.94. The maximum Gasteiger partial charge on any atom is 0.296 e. The van der Waals surface area contributed by atoms with Crippen molar-refractivity contribution in [1.29, 1.82) is 0 Å². The Morgan fingerprint density at radius 3 is 2.50 bits per heavy atom. The van der Waals surface area contributed by atoms with Gasteiger partial charge in [0.05, 0.1) is 25.8 Å². The van der Waals surface area contributed by atoms with Crippen molar-refractivity contribution in [2.75, 3.05) is 57.3 Å². The molecule has 1 amide bonds. The number of carbonyl (C=O) groups excluding carboxylic acids is 1. The van der Waals surface area contributed by atoms with Gasteiger partial charge in [-0.15, -0.1) is 11.6 Å². The Hall–Kier alpha value is -3.12. The second kappa shape index (κ2) is 10.5. The third-order valence-corrected chi connectivity index (χ3v) is 6.77. The summed E-state index contributed by atoms with van der Waals surface area (Å²) in [5, 5.41) is 0. The molecule has 13 heteroatoms. The lowest BCUT2D eigenvalue weighted by atomic mass is 9.96. The summed E-state index contributed by atoms with van der Waals surface area (Å²) >= 11 is 5.71. The molecule has 1 aromatic carbocycles. The Balaban J connectivity index is 1.61. The maximum absolute atomic E-state index is 14.2. The molecular formula is C23H26ClF2N7O3. The Kier molecular flexibility index (Phi) is 7.15. The number of para-hydroxylation sites is 1. The molecule has 5 rings (SSSR count). The highest BCUT2D eigenvalue weighted by Crippen LogP contribution is 2.33. The van der Waals surface area contributed by atoms with Gasteiger partial charge >= 0.3 is 0 Å². The Bertz CT molecular complexity index is 1240. The van der Waals surface area contributed by atoms with E-state index in [9.17, 15) is 13.6 Å². The number of hydrogen-bond acceptors (Lipinski definition) is 8. The zero-order valence-corrected chi connectivity index (χ0v) is 20.5. The van der Waals surface area contributed by atoms with Crippen molar-refractivity contribution in [1.82, 2.24) is 29.4 Å². The van der Waals surface area contributed by atoms with E-state index in [0.717, 1.165) is 0 Å². The van der Waals surface area contributed by atoms with Crippen molar-refractivity contribution >= 4 is 34.5 Å². The average molecular weight is 522 g/mol. The van der Waals surface area contributed by atoms with Crippen molar-refractivity contribution < 1.29 is 23.0 Å². The molecule has 2 aliphatic rings. The third-order valence-electron chi connectivity index (χ3n) is 6.54. The summed E-state index contributed by atoms with van der Waals surface area (Å²) < 4.78 is 40.4. The van der Waals surface area contributed by atoms with E-state index in [2.05, 4.69) is 15.0 Å². The van der Waals surface area contributed by atoms with Crippen LogP contribution in [0.15, 0.2) is 18.2 Å². The highest BCUT2D eigenvalue weighted by atomic mass is 35.5. The highest BCUT2D eigenvalue weighted by Gasteiger charge is 2.29. The van der Waals surface area contributed by atoms with Crippen LogP contribution < -0.4 is 9.64 Å². The molecule has 2 aromatic heterocycles. The first-order valence-electron chi connectivity index (χ1n) is 11.8. The van der Waals surface area contributed by atoms with Gasteiger partial charge in [0.1, 0.15) is 23.0 Å². The van der Waals surface area contributed by atoms with E-state index in [1.807, 2.05) is 4.90 Å². The molecule has 2 saturated heterocycles. The summed E-state index contributed by atoms with van der Waals surface area (Å²) in [7, 11) is 1.47. The number of imidazole rings is 1. The normalized spacial score (nSPS) is 17.2. The summed E-state index contributed by atoms with van der Waals surface area (Å²) in [6, 6.07) is 5.07. The Morgan fingerprint density at radius 2 is 1.83 bits per heavy atom. The smallest absolute Gasteiger partial charge is 0.296 e. The minimum atomic E-state index is -2.86. The SMILES string of the molecule is COc1cccc2c1nc(C(F)F)n2-c1nc(C2CCN(C(=O)CCl)CC2)nc(N2CCOCC2)n1. The summed E-state index contributed by atoms with van der Waals surface area (Å²) in [6.45, 7) is 3.23. The number of benzene rings is 1. The van der Waals surface area contributed by atoms with Crippen LogP contribution in [-0.4, -0.2) is 87.7 Å². The second-order valence-electron chi connectivity index (χ2n) is 8.62. The molecule has 0 N–H and O–H groups in total. The third kappa shape index (κ3) is 4.66. The number of ether oxygens (including phenoxy) is 2. The molecule has 0 saturated carbocycles. The fraction of sp³-hybridized carbons (Fsp3) is 0.522. The molecule has 0 aliphatic carbocycles. The number of alkyl halides is 3. The van der Waals surface area contributed by atoms with Gasteiger partial charge in [-0.3, -0.25) is 9.36 Å². The van der Waals surface area contributed by atoms with E-state index in [1.54, 1.807) is 23.1 Å². The maximum atomic E-state index is 14.2. The zero-order valence-electron chi connectivity index (χ0n) is 19.7. The number of morpholine rings is 1. The quantitative estimate of drug-likeness (QED) is 0.457. The molecule has 0 spiro atoms. The molecular weight excluding hydrogens is 496 g/mol. The molecule has 2 aliphatic heterocycles. The number of carbonyl (C=O) groups is 1. The monoisotopic (exact) mass is 521 g/mol. The van der Waals surface area contributed by atoms with Gasteiger partial charge in [0.25, 0.3) is 6.43 Å². The lowest BCUT2D eigenvalue weighted by molar-refractivity contribution is -0.129. The lowest BCUT2D eigenvalue weighted by Crippen LogP contribution is -2.40. The number of methoxy groups -OCH3 is 1. The largest absolute Gasteiger partial charge is 0.494 e. The van der Waals surface area contributed by atoms with Crippen molar-refractivity contribution in [3.05, 3.63) is 29.8 Å². The van der Waals surface area contributed by atoms with E-state index in [1.165, 1.54) is 11.7 Å². The van der Waals surface area contributed by atoms with Crippen molar-refractivity contribution in [3.63, 3.8) is 0 Å². The van der Waals surface area contributed by atoms with Crippen molar-refractivity contribution in [2.24, 2.45) is 0 Å². The topological polar surface area (TPSA) is 98.5 Å². The Morgan fingerprint density at radius 1 is 1.11 bits per heavy atom. The molecule has 4 heterocycles. The highest BCUT2D eigenvalue weighted by molar-refractivity contribution is 6.27. The minimum absolute atomic E-state index is 0.0602. The van der Waals surface area contributed by atoms with E-state index in [-0.39, 0.29) is 23.7 Å². The van der Waals surface area contributed by atoms with Crippen LogP contribution in [0.5, 0.6) is 5.75 Å². The van der Waals surface area contributed by atoms with Crippen LogP contribution >= 0.6 is 11.6 Å². The molecule has 0 bridgehead atoms. The first-order valence-corrected chi connectivity index (χ1v) is 12.3. The number of likely N-dealkylation sites (tertiary alicyclic amines) is 1. The van der Waals surface area contributed by atoms with E-state index in [0.29, 0.717) is 80.8 Å². The average Bonchev–Trinajstić information content (AvgIpc) is 3.33. The summed E-state index contributed by atoms with van der Waals surface area (Å²) in [4.78, 5) is 33.9. The number of aromatic nitrogens is 5. The van der Waals surface area contributed by atoms with Crippen LogP contribution in [0.4, 0.5) is 14.7 Å². The van der Waals surface area contributed by atoms with Gasteiger partial charge in [-0.25, -0.2) is 13.8 Å². The summed E-state index contributed by atoms with van der Waals surface area (Å²) in [5.74, 6) is 0.661. The number of anilines is 1. The van der Waals surface area contributed by atoms with Gasteiger partial charge in [-0.2, -0.15) is 15.0 Å². The van der Waals surface area contributed by atoms with Crippen molar-refractivity contribution in [2.45, 2.75) is 25.2 Å². The lowest BCUT2D eigenvalue weighted by Gasteiger charge is -2.32. The molecule has 192 valence electrons. The molecule has 3 aromatic rings. The number of piperidine rings is 1. The number of fused-ring (bicyclic) bond motifs is 1.